The van der Waals surface area contributed by atoms with E-state index in [1.165, 1.54) is 0 Å². The van der Waals surface area contributed by atoms with Crippen molar-refractivity contribution >= 4 is 5.69 Å². The number of benzene rings is 1. The molecule has 0 aliphatic carbocycles. The number of hydrogen-bond donors (Lipinski definition) is 3. The first kappa shape index (κ1) is 9.86. The first-order chi connectivity index (χ1) is 6.09. The van der Waals surface area contributed by atoms with E-state index in [4.69, 9.17) is 5.73 Å². The molecule has 3 nitrogen and oxygen atoms in total. The molecule has 0 radical (unpaired) electrons. The second kappa shape index (κ2) is 4.14. The maximum Gasteiger partial charge on any atom is 0.138 e. The molecule has 0 saturated heterocycles. The smallest absolute Gasteiger partial charge is 0.138 e. The lowest BCUT2D eigenvalue weighted by Crippen LogP contribution is -2.21. The molecule has 1 aromatic carbocycles. The number of phenols is 1. The van der Waals surface area contributed by atoms with E-state index < -0.39 is 0 Å². The Morgan fingerprint density at radius 1 is 1.46 bits per heavy atom. The Kier molecular flexibility index (Phi) is 3.14. The molecule has 1 rings (SSSR count). The highest BCUT2D eigenvalue weighted by atomic mass is 16.3. The average Bonchev–Trinajstić information content (AvgIpc) is 2.07. The zero-order valence-corrected chi connectivity index (χ0v) is 8.04. The lowest BCUT2D eigenvalue weighted by atomic mass is 10.2. The van der Waals surface area contributed by atoms with E-state index in [2.05, 4.69) is 19.2 Å². The highest BCUT2D eigenvalue weighted by Crippen LogP contribution is 2.20. The van der Waals surface area contributed by atoms with Crippen LogP contribution in [0.4, 0.5) is 5.69 Å². The van der Waals surface area contributed by atoms with Gasteiger partial charge in [-0.2, -0.15) is 0 Å². The number of nitrogen functional groups attached to an aromatic ring is 1. The number of aromatic hydroxyl groups is 1. The fourth-order valence-corrected chi connectivity index (χ4v) is 1.04. The van der Waals surface area contributed by atoms with E-state index in [1.807, 2.05) is 6.07 Å². The number of nitrogens with one attached hydrogen (secondary N) is 1. The van der Waals surface area contributed by atoms with Gasteiger partial charge in [0.2, 0.25) is 0 Å². The van der Waals surface area contributed by atoms with Gasteiger partial charge in [0, 0.05) is 12.6 Å². The number of anilines is 1. The Morgan fingerprint density at radius 2 is 2.15 bits per heavy atom. The molecule has 0 heterocycles. The predicted molar refractivity (Wildman–Crippen MR) is 54.5 cm³/mol. The van der Waals surface area contributed by atoms with Crippen molar-refractivity contribution in [2.45, 2.75) is 26.4 Å². The molecule has 0 aliphatic rings. The van der Waals surface area contributed by atoms with Crippen molar-refractivity contribution in [1.29, 1.82) is 0 Å². The van der Waals surface area contributed by atoms with Crippen LogP contribution in [0.25, 0.3) is 0 Å². The summed E-state index contributed by atoms with van der Waals surface area (Å²) < 4.78 is 0. The van der Waals surface area contributed by atoms with Gasteiger partial charge in [0.05, 0.1) is 5.69 Å². The van der Waals surface area contributed by atoms with E-state index >= 15 is 0 Å². The number of rotatable bonds is 3. The Labute approximate surface area is 78.6 Å². The largest absolute Gasteiger partial charge is 0.506 e. The van der Waals surface area contributed by atoms with E-state index in [0.29, 0.717) is 11.7 Å². The van der Waals surface area contributed by atoms with Gasteiger partial charge in [0.25, 0.3) is 0 Å². The Hall–Kier alpha value is -1.22. The topological polar surface area (TPSA) is 58.3 Å². The fourth-order valence-electron chi connectivity index (χ4n) is 1.04. The molecule has 0 atom stereocenters. The van der Waals surface area contributed by atoms with Gasteiger partial charge in [0.1, 0.15) is 5.75 Å². The molecule has 0 amide bonds. The average molecular weight is 180 g/mol. The zero-order valence-electron chi connectivity index (χ0n) is 8.04. The fraction of sp³-hybridized carbons (Fsp3) is 0.400. The molecule has 3 heteroatoms. The van der Waals surface area contributed by atoms with Crippen LogP contribution < -0.4 is 11.1 Å². The summed E-state index contributed by atoms with van der Waals surface area (Å²) in [6, 6.07) is 5.72. The van der Waals surface area contributed by atoms with Crippen LogP contribution in [0.3, 0.4) is 0 Å². The molecular weight excluding hydrogens is 164 g/mol. The first-order valence-electron chi connectivity index (χ1n) is 4.40. The van der Waals surface area contributed by atoms with Crippen molar-refractivity contribution in [3.63, 3.8) is 0 Å². The predicted octanol–water partition coefficient (Wildman–Crippen LogP) is 1.47. The van der Waals surface area contributed by atoms with Crippen LogP contribution >= 0.6 is 0 Å². The molecule has 72 valence electrons. The van der Waals surface area contributed by atoms with Crippen LogP contribution in [-0.4, -0.2) is 11.1 Å². The Morgan fingerprint density at radius 3 is 2.69 bits per heavy atom. The zero-order chi connectivity index (χ0) is 9.84. The molecular formula is C10H16N2O. The van der Waals surface area contributed by atoms with Crippen LogP contribution in [0.5, 0.6) is 5.75 Å². The molecule has 0 aromatic heterocycles. The van der Waals surface area contributed by atoms with E-state index in [0.717, 1.165) is 12.1 Å². The van der Waals surface area contributed by atoms with Crippen molar-refractivity contribution in [1.82, 2.24) is 5.32 Å². The molecule has 0 spiro atoms. The number of phenolic OH excluding ortho intramolecular Hbond substituents is 1. The summed E-state index contributed by atoms with van der Waals surface area (Å²) in [6.07, 6.45) is 0. The minimum Gasteiger partial charge on any atom is -0.506 e. The molecule has 0 fully saturated rings. The standard InChI is InChI=1S/C10H16N2O/c1-7(2)12-6-8-3-4-10(13)9(11)5-8/h3-5,7,12-13H,6,11H2,1-2H3. The van der Waals surface area contributed by atoms with Crippen LogP contribution in [-0.2, 0) is 6.54 Å². The van der Waals surface area contributed by atoms with Gasteiger partial charge in [0.15, 0.2) is 0 Å². The lowest BCUT2D eigenvalue weighted by Gasteiger charge is -2.08. The van der Waals surface area contributed by atoms with Gasteiger partial charge in [-0.15, -0.1) is 0 Å². The van der Waals surface area contributed by atoms with Crippen molar-refractivity contribution in [2.24, 2.45) is 0 Å². The highest BCUT2D eigenvalue weighted by Gasteiger charge is 1.99. The van der Waals surface area contributed by atoms with Gasteiger partial charge >= 0.3 is 0 Å². The summed E-state index contributed by atoms with van der Waals surface area (Å²) in [4.78, 5) is 0. The van der Waals surface area contributed by atoms with Gasteiger partial charge in [-0.25, -0.2) is 0 Å². The van der Waals surface area contributed by atoms with E-state index in [1.54, 1.807) is 12.1 Å². The second-order valence-corrected chi connectivity index (χ2v) is 3.43. The van der Waals surface area contributed by atoms with Gasteiger partial charge in [-0.3, -0.25) is 0 Å². The molecule has 0 aliphatic heterocycles. The number of nitrogens with two attached hydrogens (primary N) is 1. The van der Waals surface area contributed by atoms with Gasteiger partial charge < -0.3 is 16.2 Å². The minimum atomic E-state index is 0.147. The third-order valence-electron chi connectivity index (χ3n) is 1.81. The summed E-state index contributed by atoms with van der Waals surface area (Å²) in [7, 11) is 0. The van der Waals surface area contributed by atoms with Gasteiger partial charge in [-0.05, 0) is 17.7 Å². The SMILES string of the molecule is CC(C)NCc1ccc(O)c(N)c1. The maximum atomic E-state index is 9.18. The minimum absolute atomic E-state index is 0.147. The van der Waals surface area contributed by atoms with E-state index in [9.17, 15) is 5.11 Å². The van der Waals surface area contributed by atoms with Crippen LogP contribution in [0.1, 0.15) is 19.4 Å². The van der Waals surface area contributed by atoms with Crippen molar-refractivity contribution < 1.29 is 5.11 Å². The summed E-state index contributed by atoms with van der Waals surface area (Å²) in [5, 5.41) is 12.4. The Bertz CT molecular complexity index is 284. The monoisotopic (exact) mass is 180 g/mol. The van der Waals surface area contributed by atoms with Crippen LogP contribution in [0.2, 0.25) is 0 Å². The van der Waals surface area contributed by atoms with Crippen LogP contribution in [0.15, 0.2) is 18.2 Å². The van der Waals surface area contributed by atoms with Crippen molar-refractivity contribution in [3.8, 4) is 5.75 Å². The third-order valence-corrected chi connectivity index (χ3v) is 1.81. The lowest BCUT2D eigenvalue weighted by molar-refractivity contribution is 0.477. The van der Waals surface area contributed by atoms with Crippen molar-refractivity contribution in [3.05, 3.63) is 23.8 Å². The molecule has 0 saturated carbocycles. The third kappa shape index (κ3) is 2.95. The Balaban J connectivity index is 2.63. The van der Waals surface area contributed by atoms with Gasteiger partial charge in [-0.1, -0.05) is 19.9 Å². The summed E-state index contributed by atoms with van der Waals surface area (Å²) >= 11 is 0. The summed E-state index contributed by atoms with van der Waals surface area (Å²) in [5.41, 5.74) is 7.07. The summed E-state index contributed by atoms with van der Waals surface area (Å²) in [5.74, 6) is 0.147. The maximum absolute atomic E-state index is 9.18. The second-order valence-electron chi connectivity index (χ2n) is 3.43. The number of hydrogen-bond acceptors (Lipinski definition) is 3. The van der Waals surface area contributed by atoms with E-state index in [-0.39, 0.29) is 5.75 Å². The van der Waals surface area contributed by atoms with Crippen molar-refractivity contribution in [2.75, 3.05) is 5.73 Å². The first-order valence-corrected chi connectivity index (χ1v) is 4.40. The summed E-state index contributed by atoms with van der Waals surface area (Å²) in [6.45, 7) is 4.95. The normalized spacial score (nSPS) is 10.7. The molecule has 4 N–H and O–H groups in total. The molecule has 0 unspecified atom stereocenters. The molecule has 13 heavy (non-hydrogen) atoms. The quantitative estimate of drug-likeness (QED) is 0.487. The highest BCUT2D eigenvalue weighted by molar-refractivity contribution is 5.53. The molecule has 1 aromatic rings. The van der Waals surface area contributed by atoms with Crippen LogP contribution in [0, 0.1) is 0 Å². The molecule has 0 bridgehead atoms.